The maximum Gasteiger partial charge on any atom is 0.416 e. The molecule has 3 aromatic carbocycles. The molecule has 0 radical (unpaired) electrons. The molecular weight excluding hydrogens is 469 g/mol. The Morgan fingerprint density at radius 2 is 1.66 bits per heavy atom. The van der Waals surface area contributed by atoms with Crippen LogP contribution in [0, 0.1) is 10.1 Å². The van der Waals surface area contributed by atoms with Crippen LogP contribution in [0.25, 0.3) is 0 Å². The van der Waals surface area contributed by atoms with Crippen molar-refractivity contribution in [2.75, 3.05) is 17.2 Å². The second kappa shape index (κ2) is 10.9. The van der Waals surface area contributed by atoms with Crippen LogP contribution in [0.15, 0.2) is 78.0 Å². The molecule has 0 aliphatic rings. The van der Waals surface area contributed by atoms with Crippen LogP contribution in [-0.4, -0.2) is 29.6 Å². The smallest absolute Gasteiger partial charge is 0.386 e. The van der Waals surface area contributed by atoms with Crippen LogP contribution in [-0.2, 0) is 15.8 Å². The van der Waals surface area contributed by atoms with Crippen LogP contribution in [0.5, 0.6) is 0 Å². The van der Waals surface area contributed by atoms with Crippen LogP contribution in [0.4, 0.5) is 30.2 Å². The highest BCUT2D eigenvalue weighted by Crippen LogP contribution is 2.30. The second-order valence-corrected chi connectivity index (χ2v) is 7.02. The van der Waals surface area contributed by atoms with Crippen molar-refractivity contribution in [3.05, 3.63) is 99.6 Å². The fraction of sp³-hybridized carbons (Fsp3) is 0.0870. The quantitative estimate of drug-likeness (QED) is 0.268. The average molecular weight is 486 g/mol. The van der Waals surface area contributed by atoms with Crippen molar-refractivity contribution >= 4 is 35.1 Å². The molecule has 0 atom stereocenters. The number of halogens is 3. The van der Waals surface area contributed by atoms with Crippen molar-refractivity contribution in [1.29, 1.82) is 0 Å². The van der Waals surface area contributed by atoms with Gasteiger partial charge < -0.3 is 15.5 Å². The van der Waals surface area contributed by atoms with Crippen LogP contribution >= 0.6 is 0 Å². The number of hydrogen-bond donors (Lipinski definition) is 2. The first-order valence-corrected chi connectivity index (χ1v) is 9.90. The van der Waals surface area contributed by atoms with Crippen LogP contribution < -0.4 is 10.6 Å². The van der Waals surface area contributed by atoms with Gasteiger partial charge in [0.15, 0.2) is 6.61 Å². The predicted octanol–water partition coefficient (Wildman–Crippen LogP) is 4.86. The zero-order valence-electron chi connectivity index (χ0n) is 17.8. The lowest BCUT2D eigenvalue weighted by atomic mass is 10.1. The van der Waals surface area contributed by atoms with Crippen LogP contribution in [0.2, 0.25) is 0 Å². The number of nitrogens with zero attached hydrogens (tertiary/aromatic N) is 2. The van der Waals surface area contributed by atoms with Gasteiger partial charge in [0.2, 0.25) is 0 Å². The topological polar surface area (TPSA) is 123 Å². The molecule has 0 spiro atoms. The zero-order chi connectivity index (χ0) is 25.4. The van der Waals surface area contributed by atoms with E-state index in [0.29, 0.717) is 5.56 Å². The molecule has 0 unspecified atom stereocenters. The van der Waals surface area contributed by atoms with Gasteiger partial charge in [-0.2, -0.15) is 13.2 Å². The van der Waals surface area contributed by atoms with Gasteiger partial charge in [0.1, 0.15) is 0 Å². The summed E-state index contributed by atoms with van der Waals surface area (Å²) in [5.41, 5.74) is -0.302. The van der Waals surface area contributed by atoms with Crippen LogP contribution in [0.1, 0.15) is 21.5 Å². The highest BCUT2D eigenvalue weighted by atomic mass is 19.4. The molecule has 0 fully saturated rings. The Morgan fingerprint density at radius 1 is 0.971 bits per heavy atom. The van der Waals surface area contributed by atoms with Gasteiger partial charge in [-0.15, -0.1) is 0 Å². The SMILES string of the molecule is O=C(CO/N=C\c1cccc([N+](=O)[O-])c1)Nc1cccc(C(=O)Nc2cccc(C(F)(F)F)c2)c1. The Kier molecular flexibility index (Phi) is 7.77. The Balaban J connectivity index is 1.55. The highest BCUT2D eigenvalue weighted by Gasteiger charge is 2.30. The summed E-state index contributed by atoms with van der Waals surface area (Å²) in [6.45, 7) is -0.480. The van der Waals surface area contributed by atoms with Crippen molar-refractivity contribution < 1.29 is 32.5 Å². The number of rotatable bonds is 8. The molecule has 0 saturated carbocycles. The Hall–Kier alpha value is -4.74. The molecule has 0 saturated heterocycles. The summed E-state index contributed by atoms with van der Waals surface area (Å²) in [6, 6.07) is 15.6. The van der Waals surface area contributed by atoms with Gasteiger partial charge in [0, 0.05) is 34.6 Å². The van der Waals surface area contributed by atoms with Gasteiger partial charge in [-0.1, -0.05) is 29.4 Å². The number of nitrogens with one attached hydrogen (secondary N) is 2. The highest BCUT2D eigenvalue weighted by molar-refractivity contribution is 6.05. The minimum absolute atomic E-state index is 0.0331. The zero-order valence-corrected chi connectivity index (χ0v) is 17.8. The predicted molar refractivity (Wildman–Crippen MR) is 121 cm³/mol. The summed E-state index contributed by atoms with van der Waals surface area (Å²) in [4.78, 5) is 39.6. The number of nitro benzene ring substituents is 1. The third kappa shape index (κ3) is 7.39. The lowest BCUT2D eigenvalue weighted by molar-refractivity contribution is -0.384. The number of benzene rings is 3. The Labute approximate surface area is 196 Å². The molecule has 35 heavy (non-hydrogen) atoms. The van der Waals surface area contributed by atoms with Crippen LogP contribution in [0.3, 0.4) is 0 Å². The van der Waals surface area contributed by atoms with E-state index in [1.54, 1.807) is 6.07 Å². The number of carbonyl (C=O) groups is 2. The lowest BCUT2D eigenvalue weighted by Crippen LogP contribution is -2.18. The normalized spacial score (nSPS) is 11.2. The van der Waals surface area contributed by atoms with Crippen molar-refractivity contribution in [2.45, 2.75) is 6.18 Å². The molecule has 9 nitrogen and oxygen atoms in total. The van der Waals surface area contributed by atoms with E-state index >= 15 is 0 Å². The molecule has 3 aromatic rings. The van der Waals surface area contributed by atoms with Gasteiger partial charge in [-0.05, 0) is 36.4 Å². The molecule has 0 heterocycles. The standard InChI is InChI=1S/C23H17F3N4O5/c24-23(25,26)17-6-3-8-19(12-17)29-22(32)16-5-2-7-18(11-16)28-21(31)14-35-27-13-15-4-1-9-20(10-15)30(33)34/h1-13H,14H2,(H,28,31)(H,29,32)/b27-13-. The minimum atomic E-state index is -4.55. The first-order chi connectivity index (χ1) is 16.6. The fourth-order valence-electron chi connectivity index (χ4n) is 2.82. The second-order valence-electron chi connectivity index (χ2n) is 7.02. The summed E-state index contributed by atoms with van der Waals surface area (Å²) >= 11 is 0. The maximum atomic E-state index is 12.8. The monoisotopic (exact) mass is 486 g/mol. The van der Waals surface area contributed by atoms with Gasteiger partial charge in [0.25, 0.3) is 17.5 Å². The lowest BCUT2D eigenvalue weighted by Gasteiger charge is -2.11. The summed E-state index contributed by atoms with van der Waals surface area (Å²) in [6.07, 6.45) is -3.34. The number of carbonyl (C=O) groups excluding carboxylic acids is 2. The summed E-state index contributed by atoms with van der Waals surface area (Å²) in [5, 5.41) is 19.2. The van der Waals surface area contributed by atoms with Gasteiger partial charge in [-0.25, -0.2) is 0 Å². The van der Waals surface area contributed by atoms with E-state index in [4.69, 9.17) is 4.84 Å². The molecule has 0 bridgehead atoms. The molecule has 0 aliphatic carbocycles. The fourth-order valence-corrected chi connectivity index (χ4v) is 2.82. The van der Waals surface area contributed by atoms with Gasteiger partial charge in [0.05, 0.1) is 16.7 Å². The molecule has 0 aromatic heterocycles. The van der Waals surface area contributed by atoms with Gasteiger partial charge >= 0.3 is 6.18 Å². The van der Waals surface area contributed by atoms with Crippen molar-refractivity contribution in [2.24, 2.45) is 5.16 Å². The van der Waals surface area contributed by atoms with E-state index in [9.17, 15) is 32.9 Å². The first-order valence-electron chi connectivity index (χ1n) is 9.90. The molecule has 0 aliphatic heterocycles. The number of anilines is 2. The minimum Gasteiger partial charge on any atom is -0.386 e. The van der Waals surface area contributed by atoms with E-state index in [1.807, 2.05) is 0 Å². The number of non-ortho nitro benzene ring substituents is 1. The van der Waals surface area contributed by atoms with Gasteiger partial charge in [-0.3, -0.25) is 19.7 Å². The third-order valence-electron chi connectivity index (χ3n) is 4.41. The Morgan fingerprint density at radius 3 is 2.37 bits per heavy atom. The Bertz CT molecular complexity index is 1280. The number of amides is 2. The third-order valence-corrected chi connectivity index (χ3v) is 4.41. The number of hydrogen-bond acceptors (Lipinski definition) is 6. The van der Waals surface area contributed by atoms with E-state index in [2.05, 4.69) is 15.8 Å². The van der Waals surface area contributed by atoms with Crippen molar-refractivity contribution in [3.8, 4) is 0 Å². The molecule has 3 rings (SSSR count). The van der Waals surface area contributed by atoms with E-state index < -0.39 is 35.1 Å². The summed E-state index contributed by atoms with van der Waals surface area (Å²) in [7, 11) is 0. The largest absolute Gasteiger partial charge is 0.416 e. The molecule has 2 amide bonds. The first kappa shape index (κ1) is 24.9. The van der Waals surface area contributed by atoms with E-state index in [-0.39, 0.29) is 22.6 Å². The number of nitro groups is 1. The van der Waals surface area contributed by atoms with Crippen molar-refractivity contribution in [1.82, 2.24) is 0 Å². The maximum absolute atomic E-state index is 12.8. The molecule has 2 N–H and O–H groups in total. The number of alkyl halides is 3. The average Bonchev–Trinajstić information content (AvgIpc) is 2.82. The summed E-state index contributed by atoms with van der Waals surface area (Å²) in [5.74, 6) is -1.27. The van der Waals surface area contributed by atoms with E-state index in [1.165, 1.54) is 60.8 Å². The molecule has 12 heteroatoms. The molecule has 180 valence electrons. The van der Waals surface area contributed by atoms with E-state index in [0.717, 1.165) is 12.1 Å². The summed E-state index contributed by atoms with van der Waals surface area (Å²) < 4.78 is 38.5. The molecular formula is C23H17F3N4O5. The van der Waals surface area contributed by atoms with Crippen molar-refractivity contribution in [3.63, 3.8) is 0 Å². The number of oxime groups is 1.